The first-order chi connectivity index (χ1) is 15.3. The summed E-state index contributed by atoms with van der Waals surface area (Å²) in [6, 6.07) is 35.6. The SMILES string of the molecule is c1ccc([C@H]2O[C@@H](c3ccccc3)c3cc4ccc3CCc3ccc(cc32)CC4)cc1. The van der Waals surface area contributed by atoms with Crippen LogP contribution in [0.4, 0.5) is 0 Å². The molecule has 4 aromatic carbocycles. The Bertz CT molecular complexity index is 1110. The summed E-state index contributed by atoms with van der Waals surface area (Å²) < 4.78 is 7.13. The molecule has 2 aliphatic rings. The highest BCUT2D eigenvalue weighted by atomic mass is 16.5. The highest BCUT2D eigenvalue weighted by molar-refractivity contribution is 5.45. The molecule has 31 heavy (non-hydrogen) atoms. The van der Waals surface area contributed by atoms with E-state index < -0.39 is 0 Å². The maximum atomic E-state index is 7.13. The van der Waals surface area contributed by atoms with Crippen molar-refractivity contribution in [3.63, 3.8) is 0 Å². The second kappa shape index (κ2) is 7.83. The number of ether oxygens (including phenoxy) is 1. The Kier molecular flexibility index (Phi) is 4.70. The molecule has 0 N–H and O–H groups in total. The van der Waals surface area contributed by atoms with E-state index in [1.54, 1.807) is 0 Å². The molecule has 0 aliphatic carbocycles. The van der Waals surface area contributed by atoms with E-state index in [1.165, 1.54) is 44.5 Å². The predicted molar refractivity (Wildman–Crippen MR) is 125 cm³/mol. The summed E-state index contributed by atoms with van der Waals surface area (Å²) in [7, 11) is 0. The number of hydrogen-bond acceptors (Lipinski definition) is 1. The van der Waals surface area contributed by atoms with Crippen LogP contribution in [0, 0.1) is 0 Å². The van der Waals surface area contributed by atoms with E-state index in [2.05, 4.69) is 97.1 Å². The summed E-state index contributed by atoms with van der Waals surface area (Å²) in [5.41, 5.74) is 10.7. The van der Waals surface area contributed by atoms with Gasteiger partial charge in [0.1, 0.15) is 12.2 Å². The Hall–Kier alpha value is -3.16. The molecule has 6 rings (SSSR count). The van der Waals surface area contributed by atoms with Crippen LogP contribution >= 0.6 is 0 Å². The van der Waals surface area contributed by atoms with Gasteiger partial charge < -0.3 is 4.74 Å². The molecule has 0 saturated carbocycles. The van der Waals surface area contributed by atoms with Crippen LogP contribution in [0.25, 0.3) is 0 Å². The summed E-state index contributed by atoms with van der Waals surface area (Å²) in [5.74, 6) is 0. The number of fused-ring (bicyclic) bond motifs is 4. The molecule has 0 radical (unpaired) electrons. The number of aryl methyl sites for hydroxylation is 4. The minimum atomic E-state index is -0.0888. The summed E-state index contributed by atoms with van der Waals surface area (Å²) in [6.07, 6.45) is 4.02. The average Bonchev–Trinajstić information content (AvgIpc) is 2.88. The smallest absolute Gasteiger partial charge is 0.109 e. The minimum Gasteiger partial charge on any atom is -0.356 e. The van der Waals surface area contributed by atoms with Crippen LogP contribution in [-0.4, -0.2) is 0 Å². The molecule has 0 aromatic heterocycles. The largest absolute Gasteiger partial charge is 0.356 e. The van der Waals surface area contributed by atoms with Gasteiger partial charge in [-0.25, -0.2) is 0 Å². The van der Waals surface area contributed by atoms with Crippen molar-refractivity contribution >= 4 is 0 Å². The van der Waals surface area contributed by atoms with Gasteiger partial charge in [0.05, 0.1) is 0 Å². The lowest BCUT2D eigenvalue weighted by atomic mass is 9.88. The molecule has 2 aliphatic heterocycles. The Labute approximate surface area is 184 Å². The molecule has 152 valence electrons. The molecule has 2 heterocycles. The van der Waals surface area contributed by atoms with E-state index in [4.69, 9.17) is 4.74 Å². The van der Waals surface area contributed by atoms with Gasteiger partial charge in [0.15, 0.2) is 0 Å². The van der Waals surface area contributed by atoms with E-state index in [0.717, 1.165) is 25.7 Å². The number of hydrogen-bond donors (Lipinski definition) is 0. The van der Waals surface area contributed by atoms with Gasteiger partial charge >= 0.3 is 0 Å². The fourth-order valence-corrected chi connectivity index (χ4v) is 5.16. The molecule has 0 saturated heterocycles. The normalized spacial score (nSPS) is 19.6. The summed E-state index contributed by atoms with van der Waals surface area (Å²) in [6.45, 7) is 0. The van der Waals surface area contributed by atoms with Crippen molar-refractivity contribution in [2.24, 2.45) is 0 Å². The highest BCUT2D eigenvalue weighted by Gasteiger charge is 2.29. The molecule has 0 spiro atoms. The van der Waals surface area contributed by atoms with Crippen molar-refractivity contribution in [1.82, 2.24) is 0 Å². The van der Waals surface area contributed by atoms with Gasteiger partial charge in [0.2, 0.25) is 0 Å². The van der Waals surface area contributed by atoms with Gasteiger partial charge in [-0.15, -0.1) is 0 Å². The van der Waals surface area contributed by atoms with E-state index in [0.29, 0.717) is 0 Å². The molecular weight excluding hydrogens is 376 g/mol. The lowest BCUT2D eigenvalue weighted by Crippen LogP contribution is -2.14. The molecule has 0 unspecified atom stereocenters. The maximum Gasteiger partial charge on any atom is 0.109 e. The lowest BCUT2D eigenvalue weighted by molar-refractivity contribution is 0.0305. The van der Waals surface area contributed by atoms with Crippen LogP contribution in [-0.2, 0) is 30.4 Å². The van der Waals surface area contributed by atoms with Crippen molar-refractivity contribution in [2.45, 2.75) is 37.9 Å². The third-order valence-corrected chi connectivity index (χ3v) is 6.83. The average molecular weight is 403 g/mol. The van der Waals surface area contributed by atoms with E-state index in [-0.39, 0.29) is 12.2 Å². The molecule has 1 nitrogen and oxygen atoms in total. The predicted octanol–water partition coefficient (Wildman–Crippen LogP) is 6.78. The summed E-state index contributed by atoms with van der Waals surface area (Å²) >= 11 is 0. The fourth-order valence-electron chi connectivity index (χ4n) is 5.16. The van der Waals surface area contributed by atoms with E-state index >= 15 is 0 Å². The Balaban J connectivity index is 1.63. The number of rotatable bonds is 2. The van der Waals surface area contributed by atoms with E-state index in [1.807, 2.05) is 0 Å². The van der Waals surface area contributed by atoms with Gasteiger partial charge in [-0.2, -0.15) is 0 Å². The maximum absolute atomic E-state index is 7.13. The fraction of sp³-hybridized carbons (Fsp3) is 0.200. The van der Waals surface area contributed by atoms with Gasteiger partial charge in [0.25, 0.3) is 0 Å². The minimum absolute atomic E-state index is 0.0888. The van der Waals surface area contributed by atoms with Crippen molar-refractivity contribution < 1.29 is 4.74 Å². The summed E-state index contributed by atoms with van der Waals surface area (Å²) in [4.78, 5) is 0. The molecule has 4 aromatic rings. The van der Waals surface area contributed by atoms with E-state index in [9.17, 15) is 0 Å². The first kappa shape index (κ1) is 18.6. The van der Waals surface area contributed by atoms with Crippen molar-refractivity contribution in [2.75, 3.05) is 0 Å². The van der Waals surface area contributed by atoms with Crippen LogP contribution < -0.4 is 0 Å². The first-order valence-corrected chi connectivity index (χ1v) is 11.3. The molecule has 2 atom stereocenters. The molecular formula is C30H26O. The zero-order chi connectivity index (χ0) is 20.6. The van der Waals surface area contributed by atoms with Crippen LogP contribution in [0.2, 0.25) is 0 Å². The van der Waals surface area contributed by atoms with Gasteiger partial charge in [-0.05, 0) is 70.2 Å². The van der Waals surface area contributed by atoms with Crippen LogP contribution in [0.5, 0.6) is 0 Å². The monoisotopic (exact) mass is 402 g/mol. The summed E-state index contributed by atoms with van der Waals surface area (Å²) in [5, 5.41) is 0. The Morgan fingerprint density at radius 1 is 0.484 bits per heavy atom. The molecule has 4 bridgehead atoms. The quantitative estimate of drug-likeness (QED) is 0.359. The third-order valence-electron chi connectivity index (χ3n) is 6.83. The lowest BCUT2D eigenvalue weighted by Gasteiger charge is -2.28. The van der Waals surface area contributed by atoms with Crippen molar-refractivity contribution in [1.29, 1.82) is 0 Å². The third kappa shape index (κ3) is 3.49. The van der Waals surface area contributed by atoms with Gasteiger partial charge in [-0.3, -0.25) is 0 Å². The Morgan fingerprint density at radius 3 is 1.39 bits per heavy atom. The first-order valence-electron chi connectivity index (χ1n) is 11.3. The highest BCUT2D eigenvalue weighted by Crippen LogP contribution is 2.41. The molecule has 0 amide bonds. The zero-order valence-corrected chi connectivity index (χ0v) is 17.6. The van der Waals surface area contributed by atoms with Crippen molar-refractivity contribution in [3.8, 4) is 0 Å². The van der Waals surface area contributed by atoms with Gasteiger partial charge in [-0.1, -0.05) is 97.1 Å². The van der Waals surface area contributed by atoms with Gasteiger partial charge in [0, 0.05) is 0 Å². The van der Waals surface area contributed by atoms with Crippen molar-refractivity contribution in [3.05, 3.63) is 142 Å². The second-order valence-corrected chi connectivity index (χ2v) is 8.78. The number of benzene rings is 4. The standard InChI is InChI=1S/C30H26O/c1-3-7-25(8-4-1)29-27-19-21-11-12-22-14-16-24(18-17-23(27)15-13-21)28(20-22)30(31-29)26-9-5-2-6-10-26/h1-10,13-16,19-20,29-30H,11-12,17-18H2/t29-,30+. The van der Waals surface area contributed by atoms with Crippen LogP contribution in [0.15, 0.2) is 97.1 Å². The van der Waals surface area contributed by atoms with Crippen LogP contribution in [0.3, 0.4) is 0 Å². The van der Waals surface area contributed by atoms with Crippen LogP contribution in [0.1, 0.15) is 56.7 Å². The second-order valence-electron chi connectivity index (χ2n) is 8.78. The topological polar surface area (TPSA) is 9.23 Å². The Morgan fingerprint density at radius 2 is 0.935 bits per heavy atom. The molecule has 1 heteroatoms. The zero-order valence-electron chi connectivity index (χ0n) is 17.6. The molecule has 0 fully saturated rings.